The van der Waals surface area contributed by atoms with Crippen LogP contribution in [0.2, 0.25) is 0 Å². The lowest BCUT2D eigenvalue weighted by molar-refractivity contribution is -0.105. The van der Waals surface area contributed by atoms with Crippen LogP contribution >= 0.6 is 0 Å². The standard InChI is InChI=1S/C29H27N5O4/c1-17(16-35)14-33-15-24-21(11-20(30)12-22(24)27(33)36)18-7-8-25-23(10-18)26(19-6-5-9-31-13-19)32-34(25)28(37)38-29(2,3)4/h5-13,16H,1,14-15,30H2,2-4H3. The summed E-state index contributed by atoms with van der Waals surface area (Å²) < 4.78 is 6.85. The molecule has 192 valence electrons. The molecule has 4 aromatic rings. The zero-order valence-electron chi connectivity index (χ0n) is 21.4. The molecule has 0 bridgehead atoms. The lowest BCUT2D eigenvalue weighted by atomic mass is 9.94. The van der Waals surface area contributed by atoms with E-state index in [2.05, 4.69) is 16.7 Å². The molecule has 1 amide bonds. The Labute approximate surface area is 219 Å². The van der Waals surface area contributed by atoms with Crippen LogP contribution in [-0.4, -0.2) is 50.1 Å². The van der Waals surface area contributed by atoms with E-state index in [0.717, 1.165) is 22.3 Å². The summed E-state index contributed by atoms with van der Waals surface area (Å²) in [6, 6.07) is 12.8. The summed E-state index contributed by atoms with van der Waals surface area (Å²) in [5.74, 6) is -0.202. The van der Waals surface area contributed by atoms with E-state index >= 15 is 0 Å². The van der Waals surface area contributed by atoms with Gasteiger partial charge in [-0.05, 0) is 73.9 Å². The summed E-state index contributed by atoms with van der Waals surface area (Å²) in [5, 5.41) is 5.32. The zero-order valence-corrected chi connectivity index (χ0v) is 21.4. The Kier molecular flexibility index (Phi) is 6.06. The van der Waals surface area contributed by atoms with Crippen molar-refractivity contribution in [3.63, 3.8) is 0 Å². The average molecular weight is 510 g/mol. The van der Waals surface area contributed by atoms with Crippen molar-refractivity contribution in [1.82, 2.24) is 19.7 Å². The lowest BCUT2D eigenvalue weighted by Gasteiger charge is -2.19. The van der Waals surface area contributed by atoms with Crippen LogP contribution in [0.15, 0.2) is 67.0 Å². The second-order valence-electron chi connectivity index (χ2n) is 10.2. The first-order chi connectivity index (χ1) is 18.1. The number of nitrogens with zero attached hydrogens (tertiary/aromatic N) is 4. The van der Waals surface area contributed by atoms with E-state index in [1.165, 1.54) is 4.68 Å². The highest BCUT2D eigenvalue weighted by Gasteiger charge is 2.31. The molecule has 9 nitrogen and oxygen atoms in total. The Morgan fingerprint density at radius 3 is 2.61 bits per heavy atom. The molecule has 1 aliphatic rings. The van der Waals surface area contributed by atoms with Gasteiger partial charge in [0, 0.05) is 53.3 Å². The predicted octanol–water partition coefficient (Wildman–Crippen LogP) is 4.84. The fourth-order valence-electron chi connectivity index (χ4n) is 4.60. The predicted molar refractivity (Wildman–Crippen MR) is 144 cm³/mol. The van der Waals surface area contributed by atoms with Gasteiger partial charge < -0.3 is 15.4 Å². The molecule has 5 rings (SSSR count). The summed E-state index contributed by atoms with van der Waals surface area (Å²) in [7, 11) is 0. The van der Waals surface area contributed by atoms with Gasteiger partial charge in [0.05, 0.1) is 5.52 Å². The van der Waals surface area contributed by atoms with E-state index in [9.17, 15) is 14.4 Å². The quantitative estimate of drug-likeness (QED) is 0.232. The number of fused-ring (bicyclic) bond motifs is 2. The number of rotatable bonds is 5. The first kappa shape index (κ1) is 24.9. The molecule has 9 heteroatoms. The van der Waals surface area contributed by atoms with Gasteiger partial charge >= 0.3 is 6.09 Å². The summed E-state index contributed by atoms with van der Waals surface area (Å²) in [6.07, 6.45) is 3.41. The molecule has 2 aromatic carbocycles. The molecule has 1 aliphatic heterocycles. The van der Waals surface area contributed by atoms with Crippen molar-refractivity contribution in [3.05, 3.63) is 78.1 Å². The second-order valence-corrected chi connectivity index (χ2v) is 10.2. The molecule has 0 fully saturated rings. The number of ether oxygens (including phenoxy) is 1. The normalized spacial score (nSPS) is 13.0. The Balaban J connectivity index is 1.66. The van der Waals surface area contributed by atoms with Gasteiger partial charge in [0.15, 0.2) is 0 Å². The van der Waals surface area contributed by atoms with Crippen LogP contribution in [0, 0.1) is 0 Å². The van der Waals surface area contributed by atoms with Crippen molar-refractivity contribution >= 4 is 34.9 Å². The van der Waals surface area contributed by atoms with Gasteiger partial charge in [0.2, 0.25) is 0 Å². The van der Waals surface area contributed by atoms with E-state index in [1.807, 2.05) is 24.3 Å². The fraction of sp³-hybridized carbons (Fsp3) is 0.207. The fourth-order valence-corrected chi connectivity index (χ4v) is 4.60. The van der Waals surface area contributed by atoms with E-state index in [1.54, 1.807) is 56.3 Å². The van der Waals surface area contributed by atoms with Crippen LogP contribution in [0.5, 0.6) is 0 Å². The minimum atomic E-state index is -0.695. The summed E-state index contributed by atoms with van der Waals surface area (Å²) >= 11 is 0. The Morgan fingerprint density at radius 1 is 1.16 bits per heavy atom. The molecular formula is C29H27N5O4. The van der Waals surface area contributed by atoms with E-state index in [-0.39, 0.29) is 12.5 Å². The van der Waals surface area contributed by atoms with Crippen LogP contribution in [0.25, 0.3) is 33.3 Å². The molecule has 2 aromatic heterocycles. The molecule has 0 atom stereocenters. The van der Waals surface area contributed by atoms with Crippen molar-refractivity contribution in [2.45, 2.75) is 32.9 Å². The molecule has 3 heterocycles. The number of hydrogen-bond acceptors (Lipinski definition) is 7. The summed E-state index contributed by atoms with van der Waals surface area (Å²) in [4.78, 5) is 43.0. The zero-order chi connectivity index (χ0) is 27.2. The molecule has 0 saturated heterocycles. The van der Waals surface area contributed by atoms with E-state index < -0.39 is 11.7 Å². The van der Waals surface area contributed by atoms with Crippen LogP contribution in [-0.2, 0) is 16.1 Å². The number of pyridine rings is 1. The molecule has 0 spiro atoms. The van der Waals surface area contributed by atoms with Crippen LogP contribution in [0.3, 0.4) is 0 Å². The minimum Gasteiger partial charge on any atom is -0.442 e. The SMILES string of the molecule is C=C(C=O)CN1Cc2c(cc(N)cc2-c2ccc3c(c2)c(-c2cccnc2)nn3C(=O)OC(C)(C)C)C1=O. The number of nitrogens with two attached hydrogens (primary N) is 1. The molecule has 0 saturated carbocycles. The smallest absolute Gasteiger partial charge is 0.435 e. The number of carbonyl (C=O) groups is 3. The molecule has 0 aliphatic carbocycles. The van der Waals surface area contributed by atoms with Crippen molar-refractivity contribution in [2.24, 2.45) is 0 Å². The van der Waals surface area contributed by atoms with Gasteiger partial charge in [0.25, 0.3) is 5.91 Å². The number of anilines is 1. The highest BCUT2D eigenvalue weighted by molar-refractivity contribution is 6.04. The number of carbonyl (C=O) groups excluding carboxylic acids is 3. The third-order valence-electron chi connectivity index (χ3n) is 6.19. The third kappa shape index (κ3) is 4.54. The van der Waals surface area contributed by atoms with Crippen molar-refractivity contribution < 1.29 is 19.1 Å². The molecule has 38 heavy (non-hydrogen) atoms. The maximum absolute atomic E-state index is 13.1. The van der Waals surface area contributed by atoms with Crippen LogP contribution in [0.1, 0.15) is 36.7 Å². The van der Waals surface area contributed by atoms with Crippen molar-refractivity contribution in [2.75, 3.05) is 12.3 Å². The summed E-state index contributed by atoms with van der Waals surface area (Å²) in [5.41, 5.74) is 11.1. The average Bonchev–Trinajstić information content (AvgIpc) is 3.41. The molecule has 0 unspecified atom stereocenters. The van der Waals surface area contributed by atoms with Gasteiger partial charge in [-0.15, -0.1) is 0 Å². The number of aromatic nitrogens is 3. The number of aldehydes is 1. The van der Waals surface area contributed by atoms with Crippen molar-refractivity contribution in [3.8, 4) is 22.4 Å². The number of amides is 1. The van der Waals surface area contributed by atoms with Gasteiger partial charge in [-0.1, -0.05) is 12.6 Å². The van der Waals surface area contributed by atoms with Gasteiger partial charge in [-0.3, -0.25) is 14.6 Å². The maximum atomic E-state index is 13.1. The van der Waals surface area contributed by atoms with Gasteiger partial charge in [0.1, 0.15) is 17.6 Å². The Hall–Kier alpha value is -4.79. The first-order valence-electron chi connectivity index (χ1n) is 12.1. The van der Waals surface area contributed by atoms with Gasteiger partial charge in [-0.25, -0.2) is 4.79 Å². The van der Waals surface area contributed by atoms with E-state index in [4.69, 9.17) is 10.5 Å². The number of nitrogen functional groups attached to an aromatic ring is 1. The first-order valence-corrected chi connectivity index (χ1v) is 12.1. The van der Waals surface area contributed by atoms with Crippen LogP contribution in [0.4, 0.5) is 10.5 Å². The monoisotopic (exact) mass is 509 g/mol. The summed E-state index contributed by atoms with van der Waals surface area (Å²) in [6.45, 7) is 9.56. The lowest BCUT2D eigenvalue weighted by Crippen LogP contribution is -2.27. The highest BCUT2D eigenvalue weighted by atomic mass is 16.6. The number of hydrogen-bond donors (Lipinski definition) is 1. The Bertz CT molecular complexity index is 1620. The van der Waals surface area contributed by atoms with E-state index in [0.29, 0.717) is 46.3 Å². The maximum Gasteiger partial charge on any atom is 0.435 e. The van der Waals surface area contributed by atoms with Crippen molar-refractivity contribution in [1.29, 1.82) is 0 Å². The molecular weight excluding hydrogens is 482 g/mol. The van der Waals surface area contributed by atoms with Crippen LogP contribution < -0.4 is 5.73 Å². The largest absolute Gasteiger partial charge is 0.442 e. The number of benzene rings is 2. The topological polar surface area (TPSA) is 120 Å². The second kappa shape index (κ2) is 9.26. The Morgan fingerprint density at radius 2 is 1.92 bits per heavy atom. The molecule has 0 radical (unpaired) electrons. The van der Waals surface area contributed by atoms with Gasteiger partial charge in [-0.2, -0.15) is 9.78 Å². The minimum absolute atomic E-state index is 0.142. The third-order valence-corrected chi connectivity index (χ3v) is 6.19. The highest BCUT2D eigenvalue weighted by Crippen LogP contribution is 2.38. The molecule has 2 N–H and O–H groups in total.